The highest BCUT2D eigenvalue weighted by Crippen LogP contribution is 2.47. The van der Waals surface area contributed by atoms with Gasteiger partial charge in [0, 0.05) is 70.6 Å². The zero-order chi connectivity index (χ0) is 32.4. The Labute approximate surface area is 280 Å². The van der Waals surface area contributed by atoms with Crippen molar-refractivity contribution in [2.45, 2.75) is 75.3 Å². The Morgan fingerprint density at radius 2 is 1.25 bits per heavy atom. The Bertz CT molecular complexity index is 2230. The third-order valence-electron chi connectivity index (χ3n) is 11.1. The standard InChI is InChI=1S/C21H17FN4O.C16H14ClN3O/c22-17-4-2-12(10-24-17)15-7-14-11(9-23-15)1-3-13-18-16(25-19(13)14)8-21(5-6-21)26-20(18)27;17-12-5-10-8(7-18-12)1-2-9-13-11(19-14(9)10)6-16(3-4-16)20-15(13)21/h2,4,7,9-10,25H,1,3,5-6,8H2,(H,26,27);5,7,19H,1-4,6H2,(H,20,21). The van der Waals surface area contributed by atoms with E-state index in [-0.39, 0.29) is 22.9 Å². The number of aromatic amines is 2. The zero-order valence-corrected chi connectivity index (χ0v) is 26.8. The number of aromatic nitrogens is 5. The first-order valence-corrected chi connectivity index (χ1v) is 17.0. The van der Waals surface area contributed by atoms with Crippen molar-refractivity contribution in [1.82, 2.24) is 35.6 Å². The Morgan fingerprint density at radius 1 is 0.688 bits per heavy atom. The van der Waals surface area contributed by atoms with Gasteiger partial charge in [-0.15, -0.1) is 0 Å². The van der Waals surface area contributed by atoms with Crippen LogP contribution in [0.1, 0.15) is 80.0 Å². The number of pyridine rings is 3. The molecule has 5 aromatic rings. The van der Waals surface area contributed by atoms with Gasteiger partial charge >= 0.3 is 0 Å². The third-order valence-corrected chi connectivity index (χ3v) is 11.3. The van der Waals surface area contributed by atoms with Crippen LogP contribution in [0.4, 0.5) is 4.39 Å². The summed E-state index contributed by atoms with van der Waals surface area (Å²) in [5, 5.41) is 6.91. The molecule has 9 nitrogen and oxygen atoms in total. The highest BCUT2D eigenvalue weighted by atomic mass is 35.5. The number of amides is 2. The van der Waals surface area contributed by atoms with Crippen LogP contribution in [0.5, 0.6) is 0 Å². The number of hydrogen-bond donors (Lipinski definition) is 4. The van der Waals surface area contributed by atoms with Crippen molar-refractivity contribution in [3.8, 4) is 33.8 Å². The van der Waals surface area contributed by atoms with Crippen molar-refractivity contribution in [3.05, 3.63) is 98.7 Å². The molecule has 0 saturated heterocycles. The summed E-state index contributed by atoms with van der Waals surface area (Å²) in [7, 11) is 0. The molecule has 7 heterocycles. The highest BCUT2D eigenvalue weighted by Gasteiger charge is 2.50. The number of hydrogen-bond acceptors (Lipinski definition) is 5. The van der Waals surface area contributed by atoms with E-state index in [9.17, 15) is 14.0 Å². The normalized spacial score (nSPS) is 19.4. The second-order valence-electron chi connectivity index (χ2n) is 14.2. The summed E-state index contributed by atoms with van der Waals surface area (Å²) >= 11 is 6.05. The molecule has 5 aromatic heterocycles. The van der Waals surface area contributed by atoms with Crippen molar-refractivity contribution in [3.63, 3.8) is 0 Å². The second-order valence-corrected chi connectivity index (χ2v) is 14.6. The minimum atomic E-state index is -0.504. The Morgan fingerprint density at radius 3 is 1.79 bits per heavy atom. The first-order chi connectivity index (χ1) is 23.3. The number of rotatable bonds is 1. The Kier molecular flexibility index (Phi) is 5.79. The van der Waals surface area contributed by atoms with E-state index in [1.54, 1.807) is 6.07 Å². The van der Waals surface area contributed by atoms with Crippen LogP contribution >= 0.6 is 11.6 Å². The molecule has 240 valence electrons. The number of halogens is 2. The number of H-pyrrole nitrogens is 2. The lowest BCUT2D eigenvalue weighted by molar-refractivity contribution is 0.0908. The molecule has 2 aliphatic heterocycles. The molecule has 0 unspecified atom stereocenters. The summed E-state index contributed by atoms with van der Waals surface area (Å²) in [6.45, 7) is 0. The van der Waals surface area contributed by atoms with Crippen LogP contribution in [0.2, 0.25) is 5.15 Å². The summed E-state index contributed by atoms with van der Waals surface area (Å²) in [5.74, 6) is -0.349. The molecule has 6 aliphatic rings. The molecule has 2 spiro atoms. The van der Waals surface area contributed by atoms with Gasteiger partial charge in [-0.25, -0.2) is 9.97 Å². The van der Waals surface area contributed by atoms with Crippen molar-refractivity contribution in [1.29, 1.82) is 0 Å². The number of carbonyl (C=O) groups excluding carboxylic acids is 2. The largest absolute Gasteiger partial charge is 0.357 e. The molecule has 11 heteroatoms. The molecular formula is C37H31ClFN7O2. The van der Waals surface area contributed by atoms with E-state index in [0.717, 1.165) is 132 Å². The lowest BCUT2D eigenvalue weighted by atomic mass is 9.87. The van der Waals surface area contributed by atoms with E-state index in [1.165, 1.54) is 23.4 Å². The molecule has 11 rings (SSSR count). The molecule has 0 atom stereocenters. The molecular weight excluding hydrogens is 629 g/mol. The van der Waals surface area contributed by atoms with Crippen LogP contribution in [0.15, 0.2) is 42.9 Å². The first kappa shape index (κ1) is 28.2. The van der Waals surface area contributed by atoms with E-state index in [0.29, 0.717) is 5.15 Å². The fourth-order valence-corrected chi connectivity index (χ4v) is 8.41. The molecule has 48 heavy (non-hydrogen) atoms. The van der Waals surface area contributed by atoms with Gasteiger partial charge in [-0.1, -0.05) is 11.6 Å². The topological polar surface area (TPSA) is 128 Å². The van der Waals surface area contributed by atoms with Gasteiger partial charge in [-0.2, -0.15) is 4.39 Å². The maximum atomic E-state index is 13.1. The summed E-state index contributed by atoms with van der Waals surface area (Å²) in [4.78, 5) is 44.7. The van der Waals surface area contributed by atoms with Crippen molar-refractivity contribution in [2.75, 3.05) is 0 Å². The van der Waals surface area contributed by atoms with Crippen LogP contribution in [0.25, 0.3) is 33.8 Å². The molecule has 4 N–H and O–H groups in total. The molecule has 2 fully saturated rings. The predicted molar refractivity (Wildman–Crippen MR) is 177 cm³/mol. The van der Waals surface area contributed by atoms with Gasteiger partial charge in [-0.05, 0) is 97.9 Å². The summed E-state index contributed by atoms with van der Waals surface area (Å²) in [6, 6.07) is 6.95. The fraction of sp³-hybridized carbons (Fsp3) is 0.324. The van der Waals surface area contributed by atoms with E-state index in [4.69, 9.17) is 11.6 Å². The smallest absolute Gasteiger partial charge is 0.253 e. The SMILES string of the molecule is O=C1NC2(CC2)Cc2[nH]c3c(c21)CCc1cnc(-c2ccc(F)nc2)cc1-3.O=C1NC2(CC2)Cc2[nH]c3c(c21)CCc1cnc(Cl)cc1-3. The van der Waals surface area contributed by atoms with Crippen LogP contribution in [-0.4, -0.2) is 47.8 Å². The van der Waals surface area contributed by atoms with Crippen LogP contribution in [0.3, 0.4) is 0 Å². The monoisotopic (exact) mass is 659 g/mol. The number of nitrogens with zero attached hydrogens (tertiary/aromatic N) is 3. The third kappa shape index (κ3) is 4.38. The lowest BCUT2D eigenvalue weighted by Crippen LogP contribution is -2.43. The van der Waals surface area contributed by atoms with Crippen LogP contribution in [-0.2, 0) is 38.5 Å². The first-order valence-electron chi connectivity index (χ1n) is 16.7. The second kappa shape index (κ2) is 9.85. The van der Waals surface area contributed by atoms with Crippen LogP contribution < -0.4 is 10.6 Å². The average Bonchev–Trinajstić information content (AvgIpc) is 3.91. The minimum absolute atomic E-state index is 0.0104. The van der Waals surface area contributed by atoms with Gasteiger partial charge in [0.2, 0.25) is 5.95 Å². The fourth-order valence-electron chi connectivity index (χ4n) is 8.25. The van der Waals surface area contributed by atoms with Gasteiger partial charge in [0.15, 0.2) is 0 Å². The summed E-state index contributed by atoms with van der Waals surface area (Å²) in [6.07, 6.45) is 14.9. The highest BCUT2D eigenvalue weighted by molar-refractivity contribution is 6.29. The van der Waals surface area contributed by atoms with E-state index in [1.807, 2.05) is 24.5 Å². The van der Waals surface area contributed by atoms with Crippen molar-refractivity contribution in [2.24, 2.45) is 0 Å². The Balaban J connectivity index is 0.000000127. The summed E-state index contributed by atoms with van der Waals surface area (Å²) in [5.41, 5.74) is 14.4. The van der Waals surface area contributed by atoms with Crippen molar-refractivity contribution >= 4 is 23.4 Å². The number of aryl methyl sites for hydroxylation is 2. The number of fused-ring (bicyclic) bond motifs is 10. The molecule has 0 aromatic carbocycles. The van der Waals surface area contributed by atoms with E-state index in [2.05, 4.69) is 35.6 Å². The van der Waals surface area contributed by atoms with Gasteiger partial charge in [-0.3, -0.25) is 14.6 Å². The van der Waals surface area contributed by atoms with Gasteiger partial charge < -0.3 is 20.6 Å². The molecule has 0 radical (unpaired) electrons. The maximum Gasteiger partial charge on any atom is 0.253 e. The zero-order valence-electron chi connectivity index (χ0n) is 26.0. The number of nitrogens with one attached hydrogen (secondary N) is 4. The van der Waals surface area contributed by atoms with Gasteiger partial charge in [0.1, 0.15) is 5.15 Å². The van der Waals surface area contributed by atoms with Gasteiger partial charge in [0.05, 0.1) is 28.2 Å². The van der Waals surface area contributed by atoms with Gasteiger partial charge in [0.25, 0.3) is 11.8 Å². The average molecular weight is 660 g/mol. The molecule has 0 bridgehead atoms. The number of carbonyl (C=O) groups is 2. The van der Waals surface area contributed by atoms with Crippen molar-refractivity contribution < 1.29 is 14.0 Å². The maximum absolute atomic E-state index is 13.1. The predicted octanol–water partition coefficient (Wildman–Crippen LogP) is 5.84. The van der Waals surface area contributed by atoms with E-state index >= 15 is 0 Å². The van der Waals surface area contributed by atoms with E-state index < -0.39 is 5.95 Å². The van der Waals surface area contributed by atoms with Crippen LogP contribution in [0, 0.1) is 5.95 Å². The quantitative estimate of drug-likeness (QED) is 0.168. The summed E-state index contributed by atoms with van der Waals surface area (Å²) < 4.78 is 13.1. The lowest BCUT2D eigenvalue weighted by Gasteiger charge is -2.24. The minimum Gasteiger partial charge on any atom is -0.357 e. The molecule has 2 saturated carbocycles. The Hall–Kier alpha value is -4.83. The molecule has 2 amide bonds. The molecule has 4 aliphatic carbocycles.